The van der Waals surface area contributed by atoms with Crippen molar-refractivity contribution in [1.29, 1.82) is 0 Å². The third-order valence-electron chi connectivity index (χ3n) is 2.73. The Kier molecular flexibility index (Phi) is 4.53. The first-order valence-corrected chi connectivity index (χ1v) is 6.72. The number of aromatic carboxylic acids is 1. The van der Waals surface area contributed by atoms with Crippen LogP contribution >= 0.6 is 15.9 Å². The lowest BCUT2D eigenvalue weighted by Crippen LogP contribution is -2.16. The maximum Gasteiger partial charge on any atom is 0.335 e. The average molecular weight is 334 g/mol. The van der Waals surface area contributed by atoms with Gasteiger partial charge >= 0.3 is 5.97 Å². The summed E-state index contributed by atoms with van der Waals surface area (Å²) in [6, 6.07) is 13.7. The minimum Gasteiger partial charge on any atom is -0.478 e. The van der Waals surface area contributed by atoms with Gasteiger partial charge in [0.1, 0.15) is 0 Å². The van der Waals surface area contributed by atoms with Crippen molar-refractivity contribution in [2.45, 2.75) is 6.42 Å². The Hall–Kier alpha value is -2.14. The van der Waals surface area contributed by atoms with E-state index < -0.39 is 5.97 Å². The monoisotopic (exact) mass is 333 g/mol. The molecule has 4 nitrogen and oxygen atoms in total. The number of hydrogen-bond acceptors (Lipinski definition) is 2. The molecule has 0 aliphatic carbocycles. The van der Waals surface area contributed by atoms with Crippen molar-refractivity contribution in [3.8, 4) is 0 Å². The molecule has 2 aromatic carbocycles. The summed E-state index contributed by atoms with van der Waals surface area (Å²) >= 11 is 3.31. The summed E-state index contributed by atoms with van der Waals surface area (Å²) in [6.07, 6.45) is 0.0263. The third-order valence-corrected chi connectivity index (χ3v) is 3.26. The molecule has 0 radical (unpaired) electrons. The van der Waals surface area contributed by atoms with Crippen LogP contribution in [0.25, 0.3) is 0 Å². The molecular weight excluding hydrogens is 322 g/mol. The van der Waals surface area contributed by atoms with Gasteiger partial charge in [0.25, 0.3) is 0 Å². The minimum absolute atomic E-state index is 0.0263. The predicted molar refractivity (Wildman–Crippen MR) is 79.9 cm³/mol. The zero-order chi connectivity index (χ0) is 14.5. The second kappa shape index (κ2) is 6.34. The summed E-state index contributed by atoms with van der Waals surface area (Å²) in [5.74, 6) is -1.28. The van der Waals surface area contributed by atoms with Gasteiger partial charge in [-0.1, -0.05) is 34.1 Å². The van der Waals surface area contributed by atoms with Crippen LogP contribution in [0, 0.1) is 0 Å². The first-order valence-electron chi connectivity index (χ1n) is 5.93. The van der Waals surface area contributed by atoms with Gasteiger partial charge in [0, 0.05) is 10.2 Å². The van der Waals surface area contributed by atoms with Crippen LogP contribution in [0.15, 0.2) is 53.0 Å². The van der Waals surface area contributed by atoms with Gasteiger partial charge < -0.3 is 10.4 Å². The number of carboxylic acid groups (broad SMARTS) is 1. The Morgan fingerprint density at radius 2 is 1.70 bits per heavy atom. The van der Waals surface area contributed by atoms with Crippen LogP contribution in [0.3, 0.4) is 0 Å². The Morgan fingerprint density at radius 3 is 2.35 bits per heavy atom. The molecule has 0 spiro atoms. The summed E-state index contributed by atoms with van der Waals surface area (Å²) < 4.78 is 0.923. The van der Waals surface area contributed by atoms with Gasteiger partial charge in [-0.05, 0) is 35.9 Å². The van der Waals surface area contributed by atoms with Crippen molar-refractivity contribution in [2.24, 2.45) is 0 Å². The Balaban J connectivity index is 2.08. The number of halogens is 1. The molecule has 102 valence electrons. The Morgan fingerprint density at radius 1 is 1.05 bits per heavy atom. The molecule has 0 aliphatic heterocycles. The van der Waals surface area contributed by atoms with Gasteiger partial charge in [-0.3, -0.25) is 4.79 Å². The van der Waals surface area contributed by atoms with E-state index in [2.05, 4.69) is 21.2 Å². The molecule has 0 bridgehead atoms. The maximum absolute atomic E-state index is 11.9. The van der Waals surface area contributed by atoms with Crippen molar-refractivity contribution in [1.82, 2.24) is 0 Å². The SMILES string of the molecule is O=C(Cc1ccccc1C(=O)O)Nc1ccc(Br)cc1. The van der Waals surface area contributed by atoms with E-state index >= 15 is 0 Å². The number of carbonyl (C=O) groups excluding carboxylic acids is 1. The van der Waals surface area contributed by atoms with Crippen LogP contribution in [0.4, 0.5) is 5.69 Å². The van der Waals surface area contributed by atoms with Gasteiger partial charge in [-0.2, -0.15) is 0 Å². The molecule has 0 heterocycles. The maximum atomic E-state index is 11.9. The number of carboxylic acids is 1. The molecule has 2 N–H and O–H groups in total. The molecule has 0 aromatic heterocycles. The molecule has 0 atom stereocenters. The largest absolute Gasteiger partial charge is 0.478 e. The number of carbonyl (C=O) groups is 2. The van der Waals surface area contributed by atoms with Crippen molar-refractivity contribution in [3.63, 3.8) is 0 Å². The van der Waals surface area contributed by atoms with E-state index in [1.54, 1.807) is 30.3 Å². The van der Waals surface area contributed by atoms with Crippen molar-refractivity contribution in [3.05, 3.63) is 64.1 Å². The smallest absolute Gasteiger partial charge is 0.335 e. The molecule has 20 heavy (non-hydrogen) atoms. The lowest BCUT2D eigenvalue weighted by molar-refractivity contribution is -0.115. The molecular formula is C15H12BrNO3. The molecule has 0 saturated heterocycles. The minimum atomic E-state index is -1.03. The zero-order valence-electron chi connectivity index (χ0n) is 10.5. The fourth-order valence-corrected chi connectivity index (χ4v) is 2.06. The van der Waals surface area contributed by atoms with Crippen LogP contribution in [0.5, 0.6) is 0 Å². The summed E-state index contributed by atoms with van der Waals surface area (Å²) in [5.41, 5.74) is 1.32. The number of benzene rings is 2. The molecule has 1 amide bonds. The van der Waals surface area contributed by atoms with Crippen LogP contribution in [0.1, 0.15) is 15.9 Å². The molecule has 0 saturated carbocycles. The number of nitrogens with one attached hydrogen (secondary N) is 1. The van der Waals surface area contributed by atoms with E-state index in [9.17, 15) is 9.59 Å². The van der Waals surface area contributed by atoms with Gasteiger partial charge in [0.2, 0.25) is 5.91 Å². The summed E-state index contributed by atoms with van der Waals surface area (Å²) in [5, 5.41) is 11.8. The Bertz CT molecular complexity index is 638. The van der Waals surface area contributed by atoms with Gasteiger partial charge in [0.15, 0.2) is 0 Å². The topological polar surface area (TPSA) is 66.4 Å². The molecule has 2 rings (SSSR count). The number of rotatable bonds is 4. The van der Waals surface area contributed by atoms with Crippen LogP contribution in [-0.4, -0.2) is 17.0 Å². The predicted octanol–water partition coefficient (Wildman–Crippen LogP) is 3.33. The van der Waals surface area contributed by atoms with Crippen LogP contribution in [0.2, 0.25) is 0 Å². The quantitative estimate of drug-likeness (QED) is 0.901. The summed E-state index contributed by atoms with van der Waals surface area (Å²) in [6.45, 7) is 0. The first-order chi connectivity index (χ1) is 9.56. The van der Waals surface area contributed by atoms with E-state index in [4.69, 9.17) is 5.11 Å². The molecule has 2 aromatic rings. The standard InChI is InChI=1S/C15H12BrNO3/c16-11-5-7-12(8-6-11)17-14(18)9-10-3-1-2-4-13(10)15(19)20/h1-8H,9H2,(H,17,18)(H,19,20). The highest BCUT2D eigenvalue weighted by atomic mass is 79.9. The van der Waals surface area contributed by atoms with Crippen LogP contribution < -0.4 is 5.32 Å². The summed E-state index contributed by atoms with van der Waals surface area (Å²) in [4.78, 5) is 23.0. The highest BCUT2D eigenvalue weighted by Crippen LogP contribution is 2.15. The van der Waals surface area contributed by atoms with Gasteiger partial charge in [-0.25, -0.2) is 4.79 Å². The Labute approximate surface area is 124 Å². The molecule has 0 unspecified atom stereocenters. The molecule has 0 fully saturated rings. The van der Waals surface area contributed by atoms with E-state index in [1.807, 2.05) is 12.1 Å². The lowest BCUT2D eigenvalue weighted by Gasteiger charge is -2.07. The number of hydrogen-bond donors (Lipinski definition) is 2. The second-order valence-corrected chi connectivity index (χ2v) is 5.11. The number of anilines is 1. The van der Waals surface area contributed by atoms with E-state index in [-0.39, 0.29) is 17.9 Å². The molecule has 0 aliphatic rings. The second-order valence-electron chi connectivity index (χ2n) is 4.19. The van der Waals surface area contributed by atoms with E-state index in [1.165, 1.54) is 6.07 Å². The normalized spacial score (nSPS) is 10.1. The highest BCUT2D eigenvalue weighted by molar-refractivity contribution is 9.10. The van der Waals surface area contributed by atoms with Gasteiger partial charge in [-0.15, -0.1) is 0 Å². The van der Waals surface area contributed by atoms with Gasteiger partial charge in [0.05, 0.1) is 12.0 Å². The van der Waals surface area contributed by atoms with E-state index in [0.29, 0.717) is 11.3 Å². The third kappa shape index (κ3) is 3.68. The lowest BCUT2D eigenvalue weighted by atomic mass is 10.0. The molecule has 5 heteroatoms. The van der Waals surface area contributed by atoms with Crippen molar-refractivity contribution >= 4 is 33.5 Å². The van der Waals surface area contributed by atoms with E-state index in [0.717, 1.165) is 4.47 Å². The fraction of sp³-hybridized carbons (Fsp3) is 0.0667. The zero-order valence-corrected chi connectivity index (χ0v) is 12.1. The first kappa shape index (κ1) is 14.3. The van der Waals surface area contributed by atoms with Crippen LogP contribution in [-0.2, 0) is 11.2 Å². The van der Waals surface area contributed by atoms with Crippen molar-refractivity contribution < 1.29 is 14.7 Å². The summed E-state index contributed by atoms with van der Waals surface area (Å²) in [7, 11) is 0. The fourth-order valence-electron chi connectivity index (χ4n) is 1.79. The average Bonchev–Trinajstić information content (AvgIpc) is 2.41. The highest BCUT2D eigenvalue weighted by Gasteiger charge is 2.12. The number of amides is 1. The van der Waals surface area contributed by atoms with Crippen molar-refractivity contribution in [2.75, 3.05) is 5.32 Å².